The lowest BCUT2D eigenvalue weighted by Gasteiger charge is -2.18. The second-order valence-corrected chi connectivity index (χ2v) is 5.14. The molecule has 1 saturated carbocycles. The molecular formula is C10H13NS. The summed E-state index contributed by atoms with van der Waals surface area (Å²) in [6, 6.07) is 2.22. The van der Waals surface area contributed by atoms with E-state index in [2.05, 4.69) is 6.07 Å². The van der Waals surface area contributed by atoms with Gasteiger partial charge in [-0.3, -0.25) is 0 Å². The summed E-state index contributed by atoms with van der Waals surface area (Å²) in [6.45, 7) is 0. The fraction of sp³-hybridized carbons (Fsp3) is 0.600. The zero-order valence-electron chi connectivity index (χ0n) is 7.05. The number of nitrogens with two attached hydrogens (primary N) is 1. The lowest BCUT2D eigenvalue weighted by atomic mass is 9.87. The molecule has 64 valence electrons. The Kier molecular flexibility index (Phi) is 1.31. The third kappa shape index (κ3) is 0.789. The predicted octanol–water partition coefficient (Wildman–Crippen LogP) is 3.09. The van der Waals surface area contributed by atoms with E-state index in [4.69, 9.17) is 5.73 Å². The van der Waals surface area contributed by atoms with Crippen LogP contribution in [-0.4, -0.2) is 0 Å². The molecule has 12 heavy (non-hydrogen) atoms. The second-order valence-electron chi connectivity index (χ2n) is 4.03. The molecule has 2 bridgehead atoms. The molecule has 0 saturated heterocycles. The Morgan fingerprint density at radius 2 is 2.17 bits per heavy atom. The molecule has 2 unspecified atom stereocenters. The number of anilines is 1. The zero-order valence-corrected chi connectivity index (χ0v) is 7.86. The maximum atomic E-state index is 5.81. The van der Waals surface area contributed by atoms with Gasteiger partial charge in [0.25, 0.3) is 0 Å². The van der Waals surface area contributed by atoms with E-state index < -0.39 is 0 Å². The number of rotatable bonds is 0. The highest BCUT2D eigenvalue weighted by Crippen LogP contribution is 2.53. The average Bonchev–Trinajstić information content (AvgIpc) is 2.55. The van der Waals surface area contributed by atoms with E-state index >= 15 is 0 Å². The van der Waals surface area contributed by atoms with Crippen LogP contribution >= 0.6 is 11.3 Å². The van der Waals surface area contributed by atoms with E-state index in [1.54, 1.807) is 10.4 Å². The van der Waals surface area contributed by atoms with Crippen molar-refractivity contribution in [1.82, 2.24) is 0 Å². The van der Waals surface area contributed by atoms with Crippen molar-refractivity contribution < 1.29 is 0 Å². The summed E-state index contributed by atoms with van der Waals surface area (Å²) in [5.41, 5.74) is 7.41. The van der Waals surface area contributed by atoms with E-state index in [1.807, 2.05) is 11.3 Å². The Morgan fingerprint density at radius 1 is 1.33 bits per heavy atom. The average molecular weight is 179 g/mol. The van der Waals surface area contributed by atoms with Crippen LogP contribution in [0.4, 0.5) is 5.00 Å². The third-order valence-corrected chi connectivity index (χ3v) is 4.44. The van der Waals surface area contributed by atoms with Crippen molar-refractivity contribution >= 4 is 16.3 Å². The minimum atomic E-state index is 0.868. The smallest absolute Gasteiger partial charge is 0.0862 e. The normalized spacial score (nSPS) is 32.0. The highest BCUT2D eigenvalue weighted by molar-refractivity contribution is 7.16. The topological polar surface area (TPSA) is 26.0 Å². The number of thiophene rings is 1. The Morgan fingerprint density at radius 3 is 3.08 bits per heavy atom. The highest BCUT2D eigenvalue weighted by Gasteiger charge is 2.35. The van der Waals surface area contributed by atoms with Gasteiger partial charge in [0.1, 0.15) is 0 Å². The molecule has 0 radical (unpaired) electrons. The molecular weight excluding hydrogens is 166 g/mol. The van der Waals surface area contributed by atoms with Gasteiger partial charge in [-0.2, -0.15) is 0 Å². The molecule has 1 heterocycles. The number of fused-ring (bicyclic) bond motifs is 5. The SMILES string of the molecule is Nc1cc2c(s1)C1CCCC2C1. The summed E-state index contributed by atoms with van der Waals surface area (Å²) in [7, 11) is 0. The monoisotopic (exact) mass is 179 g/mol. The van der Waals surface area contributed by atoms with Gasteiger partial charge in [-0.15, -0.1) is 11.3 Å². The largest absolute Gasteiger partial charge is 0.391 e. The number of nitrogen functional groups attached to an aromatic ring is 1. The van der Waals surface area contributed by atoms with Crippen LogP contribution in [0.25, 0.3) is 0 Å². The molecule has 0 amide bonds. The second kappa shape index (κ2) is 2.25. The van der Waals surface area contributed by atoms with Gasteiger partial charge in [0.15, 0.2) is 0 Å². The van der Waals surface area contributed by atoms with Crippen LogP contribution in [0.1, 0.15) is 48.0 Å². The van der Waals surface area contributed by atoms with Gasteiger partial charge in [-0.05, 0) is 42.7 Å². The van der Waals surface area contributed by atoms with E-state index in [-0.39, 0.29) is 0 Å². The third-order valence-electron chi connectivity index (χ3n) is 3.29. The summed E-state index contributed by atoms with van der Waals surface area (Å²) in [4.78, 5) is 1.62. The first kappa shape index (κ1) is 6.96. The van der Waals surface area contributed by atoms with Crippen molar-refractivity contribution in [2.45, 2.75) is 37.5 Å². The first-order chi connectivity index (χ1) is 5.84. The van der Waals surface area contributed by atoms with Crippen molar-refractivity contribution in [2.24, 2.45) is 0 Å². The summed E-state index contributed by atoms with van der Waals surface area (Å²) < 4.78 is 0. The van der Waals surface area contributed by atoms with Crippen LogP contribution in [0.5, 0.6) is 0 Å². The zero-order chi connectivity index (χ0) is 8.13. The molecule has 3 rings (SSSR count). The minimum absolute atomic E-state index is 0.868. The first-order valence-electron chi connectivity index (χ1n) is 4.73. The lowest BCUT2D eigenvalue weighted by Crippen LogP contribution is -2.01. The standard InChI is InChI=1S/C10H13NS/c11-9-5-8-6-2-1-3-7(4-6)10(8)12-9/h5-7H,1-4,11H2. The lowest BCUT2D eigenvalue weighted by molar-refractivity contribution is 0.437. The molecule has 2 aliphatic rings. The van der Waals surface area contributed by atoms with Crippen LogP contribution < -0.4 is 5.73 Å². The van der Waals surface area contributed by atoms with Crippen LogP contribution in [0, 0.1) is 0 Å². The molecule has 2 N–H and O–H groups in total. The predicted molar refractivity (Wildman–Crippen MR) is 52.7 cm³/mol. The summed E-state index contributed by atoms with van der Waals surface area (Å²) in [5.74, 6) is 1.74. The number of hydrogen-bond donors (Lipinski definition) is 1. The van der Waals surface area contributed by atoms with Crippen LogP contribution in [-0.2, 0) is 0 Å². The van der Waals surface area contributed by atoms with Gasteiger partial charge >= 0.3 is 0 Å². The highest BCUT2D eigenvalue weighted by atomic mass is 32.1. The molecule has 1 aromatic rings. The van der Waals surface area contributed by atoms with Crippen molar-refractivity contribution in [3.8, 4) is 0 Å². The van der Waals surface area contributed by atoms with Gasteiger partial charge in [-0.1, -0.05) is 6.42 Å². The number of hydrogen-bond acceptors (Lipinski definition) is 2. The van der Waals surface area contributed by atoms with Gasteiger partial charge in [0, 0.05) is 4.88 Å². The van der Waals surface area contributed by atoms with E-state index in [0.717, 1.165) is 16.8 Å². The van der Waals surface area contributed by atoms with Crippen molar-refractivity contribution in [3.05, 3.63) is 16.5 Å². The van der Waals surface area contributed by atoms with Crippen LogP contribution in [0.2, 0.25) is 0 Å². The first-order valence-corrected chi connectivity index (χ1v) is 5.55. The van der Waals surface area contributed by atoms with E-state index in [0.29, 0.717) is 0 Å². The van der Waals surface area contributed by atoms with Crippen molar-refractivity contribution in [2.75, 3.05) is 5.73 Å². The minimum Gasteiger partial charge on any atom is -0.391 e. The van der Waals surface area contributed by atoms with E-state index in [1.165, 1.54) is 25.7 Å². The molecule has 1 aromatic heterocycles. The van der Waals surface area contributed by atoms with Gasteiger partial charge in [-0.25, -0.2) is 0 Å². The molecule has 0 aliphatic heterocycles. The Balaban J connectivity index is 2.13. The van der Waals surface area contributed by atoms with Gasteiger partial charge in [0.2, 0.25) is 0 Å². The van der Waals surface area contributed by atoms with Gasteiger partial charge in [0.05, 0.1) is 5.00 Å². The van der Waals surface area contributed by atoms with E-state index in [9.17, 15) is 0 Å². The van der Waals surface area contributed by atoms with Crippen molar-refractivity contribution in [1.29, 1.82) is 0 Å². The molecule has 2 aliphatic carbocycles. The fourth-order valence-corrected chi connectivity index (χ4v) is 3.95. The molecule has 0 spiro atoms. The van der Waals surface area contributed by atoms with Crippen LogP contribution in [0.3, 0.4) is 0 Å². The molecule has 1 fully saturated rings. The Bertz CT molecular complexity index is 288. The maximum Gasteiger partial charge on any atom is 0.0862 e. The molecule has 0 aromatic carbocycles. The molecule has 2 heteroatoms. The molecule has 1 nitrogen and oxygen atoms in total. The summed E-state index contributed by atoms with van der Waals surface area (Å²) in [5, 5.41) is 1.02. The van der Waals surface area contributed by atoms with Gasteiger partial charge < -0.3 is 5.73 Å². The molecule has 2 atom stereocenters. The quantitative estimate of drug-likeness (QED) is 0.650. The summed E-state index contributed by atoms with van der Waals surface area (Å²) in [6.07, 6.45) is 5.65. The summed E-state index contributed by atoms with van der Waals surface area (Å²) >= 11 is 1.83. The van der Waals surface area contributed by atoms with Crippen LogP contribution in [0.15, 0.2) is 6.07 Å². The Hall–Kier alpha value is -0.500. The Labute approximate surface area is 76.6 Å². The maximum absolute atomic E-state index is 5.81. The fourth-order valence-electron chi connectivity index (χ4n) is 2.79. The van der Waals surface area contributed by atoms with Crippen molar-refractivity contribution in [3.63, 3.8) is 0 Å².